The third-order valence-electron chi connectivity index (χ3n) is 4.07. The molecule has 0 spiro atoms. The maximum atomic E-state index is 6.04. The first-order valence-corrected chi connectivity index (χ1v) is 6.53. The quantitative estimate of drug-likeness (QED) is 0.751. The average Bonchev–Trinajstić information content (AvgIpc) is 2.66. The first kappa shape index (κ1) is 13.6. The normalized spacial score (nSPS) is 21.9. The van der Waals surface area contributed by atoms with Crippen LogP contribution in [0.2, 0.25) is 0 Å². The van der Waals surface area contributed by atoms with Crippen molar-refractivity contribution in [1.29, 1.82) is 0 Å². The topological polar surface area (TPSA) is 36.3 Å². The number of nitrogens with zero attached hydrogens (tertiary/aromatic N) is 2. The second kappa shape index (κ2) is 4.10. The predicted octanol–water partition coefficient (Wildman–Crippen LogP) is 1.84. The zero-order chi connectivity index (χ0) is 13.7. The summed E-state index contributed by atoms with van der Waals surface area (Å²) >= 11 is 0. The summed E-state index contributed by atoms with van der Waals surface area (Å²) in [7, 11) is 1.68. The molecule has 1 aromatic heterocycles. The van der Waals surface area contributed by atoms with E-state index in [0.29, 0.717) is 5.92 Å². The van der Waals surface area contributed by atoms with Crippen molar-refractivity contribution >= 4 is 12.7 Å². The fourth-order valence-corrected chi connectivity index (χ4v) is 2.16. The number of aromatic nitrogens is 2. The molecule has 2 heterocycles. The molecule has 0 bridgehead atoms. The van der Waals surface area contributed by atoms with Crippen LogP contribution in [0.5, 0.6) is 0 Å². The highest BCUT2D eigenvalue weighted by molar-refractivity contribution is 6.61. The molecule has 1 saturated heterocycles. The summed E-state index contributed by atoms with van der Waals surface area (Å²) in [5.41, 5.74) is 0.372. The Morgan fingerprint density at radius 1 is 1.17 bits per heavy atom. The molecule has 0 N–H and O–H groups in total. The van der Waals surface area contributed by atoms with Gasteiger partial charge in [0.25, 0.3) is 0 Å². The molecule has 0 aliphatic carbocycles. The van der Waals surface area contributed by atoms with E-state index in [0.717, 1.165) is 11.4 Å². The third kappa shape index (κ3) is 1.99. The van der Waals surface area contributed by atoms with Crippen LogP contribution in [0.3, 0.4) is 0 Å². The Hall–Kier alpha value is -0.805. The van der Waals surface area contributed by atoms with Crippen molar-refractivity contribution in [3.63, 3.8) is 0 Å². The van der Waals surface area contributed by atoms with Gasteiger partial charge >= 0.3 is 7.12 Å². The number of hydrogen-bond acceptors (Lipinski definition) is 3. The lowest BCUT2D eigenvalue weighted by Crippen LogP contribution is -2.41. The summed E-state index contributed by atoms with van der Waals surface area (Å²) in [5.74, 6) is 1.45. The molecule has 0 aromatic carbocycles. The van der Waals surface area contributed by atoms with Crippen LogP contribution in [0.25, 0.3) is 0 Å². The minimum atomic E-state index is -0.333. The fourth-order valence-electron chi connectivity index (χ4n) is 2.16. The number of hydrogen-bond donors (Lipinski definition) is 0. The van der Waals surface area contributed by atoms with E-state index in [1.807, 2.05) is 13.2 Å². The van der Waals surface area contributed by atoms with Crippen LogP contribution in [0.1, 0.15) is 53.3 Å². The Bertz CT molecular complexity index is 436. The van der Waals surface area contributed by atoms with Crippen LogP contribution in [-0.2, 0) is 16.4 Å². The highest BCUT2D eigenvalue weighted by Crippen LogP contribution is 2.36. The largest absolute Gasteiger partial charge is 0.514 e. The standard InChI is InChI=1S/C13H23BN2O2/c1-9(2)11-15-8-10(16(11)7)14-17-12(3,4)13(5,6)18-14/h8-9H,1-7H3. The SMILES string of the molecule is CC(C)c1ncc(B2OC(C)(C)C(C)(C)O2)n1C. The first-order valence-electron chi connectivity index (χ1n) is 6.53. The van der Waals surface area contributed by atoms with Crippen molar-refractivity contribution in [2.45, 2.75) is 58.7 Å². The molecule has 4 nitrogen and oxygen atoms in total. The van der Waals surface area contributed by atoms with Gasteiger partial charge in [-0.2, -0.15) is 0 Å². The van der Waals surface area contributed by atoms with E-state index in [4.69, 9.17) is 9.31 Å². The molecule has 0 unspecified atom stereocenters. The zero-order valence-corrected chi connectivity index (χ0v) is 12.4. The van der Waals surface area contributed by atoms with Crippen LogP contribution < -0.4 is 5.59 Å². The monoisotopic (exact) mass is 250 g/mol. The van der Waals surface area contributed by atoms with Gasteiger partial charge in [0, 0.05) is 19.2 Å². The van der Waals surface area contributed by atoms with Crippen molar-refractivity contribution in [3.05, 3.63) is 12.0 Å². The molecule has 0 radical (unpaired) electrons. The lowest BCUT2D eigenvalue weighted by Gasteiger charge is -2.32. The number of rotatable bonds is 2. The molecule has 1 fully saturated rings. The molecular weight excluding hydrogens is 227 g/mol. The van der Waals surface area contributed by atoms with E-state index < -0.39 is 0 Å². The molecule has 1 aromatic rings. The van der Waals surface area contributed by atoms with Crippen LogP contribution in [-0.4, -0.2) is 27.9 Å². The second-order valence-electron chi connectivity index (χ2n) is 6.34. The van der Waals surface area contributed by atoms with Crippen LogP contribution in [0.15, 0.2) is 6.20 Å². The highest BCUT2D eigenvalue weighted by Gasteiger charge is 2.52. The van der Waals surface area contributed by atoms with Crippen molar-refractivity contribution < 1.29 is 9.31 Å². The van der Waals surface area contributed by atoms with Crippen molar-refractivity contribution in [1.82, 2.24) is 9.55 Å². The van der Waals surface area contributed by atoms with Crippen LogP contribution in [0, 0.1) is 0 Å². The van der Waals surface area contributed by atoms with E-state index in [1.54, 1.807) is 0 Å². The van der Waals surface area contributed by atoms with Crippen LogP contribution in [0.4, 0.5) is 0 Å². The molecule has 1 aliphatic rings. The predicted molar refractivity (Wildman–Crippen MR) is 73.0 cm³/mol. The van der Waals surface area contributed by atoms with Gasteiger partial charge in [-0.3, -0.25) is 0 Å². The van der Waals surface area contributed by atoms with E-state index in [9.17, 15) is 0 Å². The number of imidazole rings is 1. The average molecular weight is 250 g/mol. The minimum Gasteiger partial charge on any atom is -0.398 e. The van der Waals surface area contributed by atoms with Gasteiger partial charge in [-0.05, 0) is 27.7 Å². The van der Waals surface area contributed by atoms with Gasteiger partial charge in [-0.1, -0.05) is 13.8 Å². The Morgan fingerprint density at radius 3 is 2.06 bits per heavy atom. The second-order valence-corrected chi connectivity index (χ2v) is 6.34. The van der Waals surface area contributed by atoms with Gasteiger partial charge in [0.05, 0.1) is 16.8 Å². The Kier molecular flexibility index (Phi) is 3.10. The van der Waals surface area contributed by atoms with Gasteiger partial charge in [-0.25, -0.2) is 4.98 Å². The lowest BCUT2D eigenvalue weighted by molar-refractivity contribution is 0.00578. The fraction of sp³-hybridized carbons (Fsp3) is 0.769. The molecule has 5 heteroatoms. The summed E-state index contributed by atoms with van der Waals surface area (Å²) in [6, 6.07) is 0. The molecule has 100 valence electrons. The van der Waals surface area contributed by atoms with Crippen molar-refractivity contribution in [2.75, 3.05) is 0 Å². The van der Waals surface area contributed by atoms with Crippen molar-refractivity contribution in [3.8, 4) is 0 Å². The molecule has 1 aliphatic heterocycles. The smallest absolute Gasteiger partial charge is 0.398 e. The maximum Gasteiger partial charge on any atom is 0.514 e. The summed E-state index contributed by atoms with van der Waals surface area (Å²) < 4.78 is 14.2. The van der Waals surface area contributed by atoms with Crippen LogP contribution >= 0.6 is 0 Å². The molecule has 2 rings (SSSR count). The first-order chi connectivity index (χ1) is 8.16. The lowest BCUT2D eigenvalue weighted by atomic mass is 9.85. The van der Waals surface area contributed by atoms with Crippen molar-refractivity contribution in [2.24, 2.45) is 7.05 Å². The van der Waals surface area contributed by atoms with Gasteiger partial charge in [-0.15, -0.1) is 0 Å². The minimum absolute atomic E-state index is 0.306. The van der Waals surface area contributed by atoms with E-state index in [-0.39, 0.29) is 18.3 Å². The summed E-state index contributed by atoms with van der Waals surface area (Å²) in [5, 5.41) is 0. The molecule has 0 amide bonds. The van der Waals surface area contributed by atoms with Gasteiger partial charge in [0.15, 0.2) is 0 Å². The maximum absolute atomic E-state index is 6.04. The van der Waals surface area contributed by atoms with E-state index >= 15 is 0 Å². The Morgan fingerprint density at radius 2 is 1.67 bits per heavy atom. The van der Waals surface area contributed by atoms with Gasteiger partial charge < -0.3 is 13.9 Å². The molecular formula is C13H23BN2O2. The Balaban J connectivity index is 2.30. The molecule has 0 atom stereocenters. The van der Waals surface area contributed by atoms with Gasteiger partial charge in [0.2, 0.25) is 0 Å². The highest BCUT2D eigenvalue weighted by atomic mass is 16.7. The van der Waals surface area contributed by atoms with E-state index in [2.05, 4.69) is 51.1 Å². The third-order valence-corrected chi connectivity index (χ3v) is 4.07. The molecule has 18 heavy (non-hydrogen) atoms. The summed E-state index contributed by atoms with van der Waals surface area (Å²) in [6.07, 6.45) is 1.86. The van der Waals surface area contributed by atoms with E-state index in [1.165, 1.54) is 0 Å². The molecule has 0 saturated carbocycles. The zero-order valence-electron chi connectivity index (χ0n) is 12.4. The summed E-state index contributed by atoms with van der Waals surface area (Å²) in [4.78, 5) is 4.46. The Labute approximate surface area is 110 Å². The van der Waals surface area contributed by atoms with Gasteiger partial charge in [0.1, 0.15) is 5.82 Å². The summed E-state index contributed by atoms with van der Waals surface area (Å²) in [6.45, 7) is 12.5.